The standard InChI is InChI=1S/C26H22N4O2/c1-30-24(31)26(29-25(30)28)16-23(18-7-3-2-4-8-18)32-22-11-10-20(15-21(22)26)19-9-5-6-17(14-19)12-13-27/h2-11,14-15,23H,12,16H2,1H3,(H2,28,29). The molecule has 1 amide bonds. The summed E-state index contributed by atoms with van der Waals surface area (Å²) in [6.07, 6.45) is 0.390. The third-order valence-electron chi connectivity index (χ3n) is 6.20. The number of aliphatic imine (C=N–C) groups is 1. The summed E-state index contributed by atoms with van der Waals surface area (Å²) in [6, 6.07) is 25.7. The quantitative estimate of drug-likeness (QED) is 0.692. The van der Waals surface area contributed by atoms with Gasteiger partial charge in [-0.3, -0.25) is 9.69 Å². The molecule has 2 atom stereocenters. The van der Waals surface area contributed by atoms with Crippen LogP contribution < -0.4 is 10.5 Å². The summed E-state index contributed by atoms with van der Waals surface area (Å²) in [5.41, 5.74) is 9.51. The summed E-state index contributed by atoms with van der Waals surface area (Å²) in [7, 11) is 1.65. The van der Waals surface area contributed by atoms with Gasteiger partial charge in [0.25, 0.3) is 5.91 Å². The Morgan fingerprint density at radius 2 is 1.91 bits per heavy atom. The molecule has 6 heteroatoms. The predicted molar refractivity (Wildman–Crippen MR) is 122 cm³/mol. The number of amides is 1. The second kappa shape index (κ2) is 7.54. The van der Waals surface area contributed by atoms with Gasteiger partial charge in [-0.05, 0) is 34.4 Å². The van der Waals surface area contributed by atoms with E-state index in [0.29, 0.717) is 24.2 Å². The van der Waals surface area contributed by atoms with Gasteiger partial charge in [0.05, 0.1) is 12.5 Å². The second-order valence-electron chi connectivity index (χ2n) is 8.16. The van der Waals surface area contributed by atoms with Gasteiger partial charge in [0.15, 0.2) is 11.5 Å². The van der Waals surface area contributed by atoms with Crippen molar-refractivity contribution in [3.05, 3.63) is 89.5 Å². The molecular formula is C26H22N4O2. The van der Waals surface area contributed by atoms with E-state index in [4.69, 9.17) is 15.7 Å². The fourth-order valence-corrected chi connectivity index (χ4v) is 4.52. The van der Waals surface area contributed by atoms with Crippen LogP contribution in [0, 0.1) is 11.3 Å². The number of carbonyl (C=O) groups is 1. The van der Waals surface area contributed by atoms with Crippen LogP contribution in [0.25, 0.3) is 11.1 Å². The third-order valence-corrected chi connectivity index (χ3v) is 6.20. The molecule has 0 bridgehead atoms. The minimum Gasteiger partial charge on any atom is -0.485 e. The van der Waals surface area contributed by atoms with E-state index in [2.05, 4.69) is 11.1 Å². The van der Waals surface area contributed by atoms with Crippen LogP contribution in [-0.4, -0.2) is 23.8 Å². The molecule has 0 radical (unpaired) electrons. The number of ether oxygens (including phenoxy) is 1. The summed E-state index contributed by atoms with van der Waals surface area (Å²) >= 11 is 0. The van der Waals surface area contributed by atoms with Gasteiger partial charge < -0.3 is 10.5 Å². The summed E-state index contributed by atoms with van der Waals surface area (Å²) in [5, 5.41) is 9.04. The van der Waals surface area contributed by atoms with Crippen LogP contribution in [0.3, 0.4) is 0 Å². The highest BCUT2D eigenvalue weighted by atomic mass is 16.5. The molecule has 1 spiro atoms. The van der Waals surface area contributed by atoms with Crippen molar-refractivity contribution in [1.82, 2.24) is 4.90 Å². The molecule has 2 unspecified atom stereocenters. The molecule has 2 aliphatic rings. The molecule has 158 valence electrons. The van der Waals surface area contributed by atoms with Crippen LogP contribution in [0.5, 0.6) is 5.75 Å². The van der Waals surface area contributed by atoms with Crippen LogP contribution >= 0.6 is 0 Å². The zero-order valence-electron chi connectivity index (χ0n) is 17.7. The van der Waals surface area contributed by atoms with Crippen molar-refractivity contribution in [2.45, 2.75) is 24.5 Å². The van der Waals surface area contributed by atoms with Crippen molar-refractivity contribution in [3.8, 4) is 22.9 Å². The second-order valence-corrected chi connectivity index (χ2v) is 8.16. The minimum atomic E-state index is -1.13. The molecule has 5 rings (SSSR count). The van der Waals surface area contributed by atoms with E-state index in [1.54, 1.807) is 7.05 Å². The molecule has 0 fully saturated rings. The SMILES string of the molecule is CN1C(=O)C2(CC(c3ccccc3)Oc3ccc(-c4cccc(CC#N)c4)cc32)N=C1N. The van der Waals surface area contributed by atoms with E-state index in [9.17, 15) is 4.79 Å². The molecular weight excluding hydrogens is 400 g/mol. The van der Waals surface area contributed by atoms with Crippen LogP contribution in [0.4, 0.5) is 0 Å². The fourth-order valence-electron chi connectivity index (χ4n) is 4.52. The number of nitrogens with zero attached hydrogens (tertiary/aromatic N) is 3. The first-order valence-corrected chi connectivity index (χ1v) is 10.5. The van der Waals surface area contributed by atoms with E-state index < -0.39 is 5.54 Å². The number of rotatable bonds is 3. The molecule has 2 heterocycles. The number of nitriles is 1. The van der Waals surface area contributed by atoms with Gasteiger partial charge in [-0.1, -0.05) is 60.7 Å². The molecule has 0 aliphatic carbocycles. The Kier molecular flexibility index (Phi) is 4.67. The molecule has 32 heavy (non-hydrogen) atoms. The predicted octanol–water partition coefficient (Wildman–Crippen LogP) is 3.93. The Bertz CT molecular complexity index is 1280. The number of carbonyl (C=O) groups excluding carboxylic acids is 1. The number of nitrogens with two attached hydrogens (primary N) is 1. The van der Waals surface area contributed by atoms with E-state index >= 15 is 0 Å². The maximum atomic E-state index is 13.5. The largest absolute Gasteiger partial charge is 0.485 e. The Morgan fingerprint density at radius 1 is 1.12 bits per heavy atom. The van der Waals surface area contributed by atoms with Crippen molar-refractivity contribution in [2.75, 3.05) is 7.05 Å². The van der Waals surface area contributed by atoms with Crippen LogP contribution in [-0.2, 0) is 16.8 Å². The lowest BCUT2D eigenvalue weighted by atomic mass is 9.79. The molecule has 0 saturated carbocycles. The fraction of sp³-hybridized carbons (Fsp3) is 0.192. The first kappa shape index (κ1) is 19.8. The zero-order chi connectivity index (χ0) is 22.3. The minimum absolute atomic E-state index is 0.157. The van der Waals surface area contributed by atoms with Gasteiger partial charge in [-0.2, -0.15) is 5.26 Å². The van der Waals surface area contributed by atoms with Crippen molar-refractivity contribution >= 4 is 11.9 Å². The lowest BCUT2D eigenvalue weighted by molar-refractivity contribution is -0.132. The molecule has 2 N–H and O–H groups in total. The van der Waals surface area contributed by atoms with Crippen molar-refractivity contribution in [1.29, 1.82) is 5.26 Å². The Hall–Kier alpha value is -4.11. The number of fused-ring (bicyclic) bond motifs is 2. The molecule has 2 aliphatic heterocycles. The van der Waals surface area contributed by atoms with E-state index in [-0.39, 0.29) is 18.0 Å². The normalized spacial score (nSPS) is 21.6. The van der Waals surface area contributed by atoms with E-state index in [1.807, 2.05) is 72.8 Å². The van der Waals surface area contributed by atoms with Gasteiger partial charge in [0.2, 0.25) is 0 Å². The van der Waals surface area contributed by atoms with E-state index in [1.165, 1.54) is 4.90 Å². The van der Waals surface area contributed by atoms with Crippen LogP contribution in [0.1, 0.15) is 29.2 Å². The maximum Gasteiger partial charge on any atom is 0.261 e. The lowest BCUT2D eigenvalue weighted by Gasteiger charge is -2.37. The topological polar surface area (TPSA) is 91.7 Å². The molecule has 0 aromatic heterocycles. The molecule has 6 nitrogen and oxygen atoms in total. The maximum absolute atomic E-state index is 13.5. The first-order chi connectivity index (χ1) is 15.5. The third kappa shape index (κ3) is 3.10. The highest BCUT2D eigenvalue weighted by Crippen LogP contribution is 2.50. The van der Waals surface area contributed by atoms with Gasteiger partial charge in [-0.25, -0.2) is 4.99 Å². The summed E-state index contributed by atoms with van der Waals surface area (Å²) in [6.45, 7) is 0. The van der Waals surface area contributed by atoms with Crippen LogP contribution in [0.15, 0.2) is 77.8 Å². The average Bonchev–Trinajstić information content (AvgIpc) is 3.03. The summed E-state index contributed by atoms with van der Waals surface area (Å²) < 4.78 is 6.35. The van der Waals surface area contributed by atoms with Gasteiger partial charge in [0, 0.05) is 19.0 Å². The summed E-state index contributed by atoms with van der Waals surface area (Å²) in [4.78, 5) is 19.6. The smallest absolute Gasteiger partial charge is 0.261 e. The Labute approximate surface area is 186 Å². The molecule has 3 aromatic carbocycles. The van der Waals surface area contributed by atoms with Crippen LogP contribution in [0.2, 0.25) is 0 Å². The van der Waals surface area contributed by atoms with Gasteiger partial charge >= 0.3 is 0 Å². The van der Waals surface area contributed by atoms with Gasteiger partial charge in [-0.15, -0.1) is 0 Å². The number of guanidine groups is 1. The molecule has 0 saturated heterocycles. The number of hydrogen-bond donors (Lipinski definition) is 1. The van der Waals surface area contributed by atoms with E-state index in [0.717, 1.165) is 22.3 Å². The lowest BCUT2D eigenvalue weighted by Crippen LogP contribution is -2.43. The van der Waals surface area contributed by atoms with Crippen molar-refractivity contribution in [2.24, 2.45) is 10.7 Å². The summed E-state index contributed by atoms with van der Waals surface area (Å²) in [5.74, 6) is 0.675. The highest BCUT2D eigenvalue weighted by Gasteiger charge is 2.53. The first-order valence-electron chi connectivity index (χ1n) is 10.5. The highest BCUT2D eigenvalue weighted by molar-refractivity contribution is 6.07. The number of benzene rings is 3. The monoisotopic (exact) mass is 422 g/mol. The Balaban J connectivity index is 1.65. The number of likely N-dealkylation sites (N-methyl/N-ethyl adjacent to an activating group) is 1. The Morgan fingerprint density at radius 3 is 2.62 bits per heavy atom. The zero-order valence-corrected chi connectivity index (χ0v) is 17.7. The molecule has 3 aromatic rings. The van der Waals surface area contributed by atoms with Crippen molar-refractivity contribution < 1.29 is 9.53 Å². The van der Waals surface area contributed by atoms with Gasteiger partial charge in [0.1, 0.15) is 11.9 Å². The average molecular weight is 422 g/mol. The number of hydrogen-bond acceptors (Lipinski definition) is 5. The van der Waals surface area contributed by atoms with Crippen molar-refractivity contribution in [3.63, 3.8) is 0 Å².